The number of carbonyl (C=O) groups excluding carboxylic acids is 1. The first kappa shape index (κ1) is 14.0. The predicted molar refractivity (Wildman–Crippen MR) is 65.1 cm³/mol. The Balaban J connectivity index is 1.86. The maximum Gasteiger partial charge on any atom is 0.251 e. The number of likely N-dealkylation sites (tertiary alicyclic amines) is 1. The summed E-state index contributed by atoms with van der Waals surface area (Å²) in [5.41, 5.74) is 1.73. The van der Waals surface area contributed by atoms with Gasteiger partial charge in [0.25, 0.3) is 5.92 Å². The molecule has 1 aliphatic heterocycles. The fourth-order valence-corrected chi connectivity index (χ4v) is 2.33. The molecule has 0 aromatic carbocycles. The lowest BCUT2D eigenvalue weighted by Gasteiger charge is -2.31. The second-order valence-electron chi connectivity index (χ2n) is 5.04. The van der Waals surface area contributed by atoms with Crippen LogP contribution in [-0.4, -0.2) is 35.0 Å². The van der Waals surface area contributed by atoms with Crippen molar-refractivity contribution in [1.82, 2.24) is 10.1 Å². The lowest BCUT2D eigenvalue weighted by Crippen LogP contribution is -2.42. The molecule has 0 saturated carbocycles. The van der Waals surface area contributed by atoms with E-state index in [9.17, 15) is 13.6 Å². The highest BCUT2D eigenvalue weighted by atomic mass is 19.3. The van der Waals surface area contributed by atoms with E-state index in [2.05, 4.69) is 5.16 Å². The number of amides is 1. The average Bonchev–Trinajstić information content (AvgIpc) is 2.66. The van der Waals surface area contributed by atoms with Gasteiger partial charge in [-0.25, -0.2) is 8.78 Å². The second-order valence-corrected chi connectivity index (χ2v) is 5.04. The van der Waals surface area contributed by atoms with Crippen LogP contribution >= 0.6 is 0 Å². The Bertz CT molecular complexity index is 442. The summed E-state index contributed by atoms with van der Waals surface area (Å²) in [7, 11) is 0. The van der Waals surface area contributed by atoms with Gasteiger partial charge in [0.15, 0.2) is 0 Å². The van der Waals surface area contributed by atoms with Crippen LogP contribution in [0, 0.1) is 13.8 Å². The van der Waals surface area contributed by atoms with E-state index >= 15 is 0 Å². The van der Waals surface area contributed by atoms with Gasteiger partial charge >= 0.3 is 0 Å². The first-order chi connectivity index (χ1) is 8.89. The standard InChI is InChI=1S/C13H18F2N2O2/c1-9-11(10(2)19-16-9)3-4-12(18)17-7-5-13(14,15)6-8-17/h3-8H2,1-2H3. The third-order valence-corrected chi connectivity index (χ3v) is 3.62. The van der Waals surface area contributed by atoms with E-state index in [1.165, 1.54) is 4.90 Å². The van der Waals surface area contributed by atoms with Crippen LogP contribution in [0.5, 0.6) is 0 Å². The Hall–Kier alpha value is -1.46. The van der Waals surface area contributed by atoms with Crippen molar-refractivity contribution in [3.63, 3.8) is 0 Å². The SMILES string of the molecule is Cc1noc(C)c1CCC(=O)N1CCC(F)(F)CC1. The number of hydrogen-bond acceptors (Lipinski definition) is 3. The highest BCUT2D eigenvalue weighted by Crippen LogP contribution is 2.28. The average molecular weight is 272 g/mol. The highest BCUT2D eigenvalue weighted by molar-refractivity contribution is 5.76. The summed E-state index contributed by atoms with van der Waals surface area (Å²) in [6, 6.07) is 0. The van der Waals surface area contributed by atoms with Crippen molar-refractivity contribution in [1.29, 1.82) is 0 Å². The van der Waals surface area contributed by atoms with Crippen LogP contribution in [0.4, 0.5) is 8.78 Å². The summed E-state index contributed by atoms with van der Waals surface area (Å²) < 4.78 is 31.0. The van der Waals surface area contributed by atoms with Crippen molar-refractivity contribution in [2.45, 2.75) is 45.5 Å². The molecule has 0 bridgehead atoms. The smallest absolute Gasteiger partial charge is 0.251 e. The maximum atomic E-state index is 13.0. The first-order valence-corrected chi connectivity index (χ1v) is 6.46. The van der Waals surface area contributed by atoms with E-state index in [0.29, 0.717) is 12.8 Å². The molecule has 19 heavy (non-hydrogen) atoms. The zero-order chi connectivity index (χ0) is 14.0. The van der Waals surface area contributed by atoms with Crippen molar-refractivity contribution in [2.75, 3.05) is 13.1 Å². The summed E-state index contributed by atoms with van der Waals surface area (Å²) >= 11 is 0. The van der Waals surface area contributed by atoms with Crippen LogP contribution < -0.4 is 0 Å². The Morgan fingerprint density at radius 1 is 1.37 bits per heavy atom. The molecule has 0 N–H and O–H groups in total. The van der Waals surface area contributed by atoms with Crippen LogP contribution in [0.15, 0.2) is 4.52 Å². The molecule has 1 aromatic rings. The number of alkyl halides is 2. The zero-order valence-electron chi connectivity index (χ0n) is 11.2. The molecule has 1 amide bonds. The van der Waals surface area contributed by atoms with E-state index < -0.39 is 5.92 Å². The summed E-state index contributed by atoms with van der Waals surface area (Å²) in [5.74, 6) is -1.97. The molecule has 6 heteroatoms. The van der Waals surface area contributed by atoms with Gasteiger partial charge in [-0.05, 0) is 20.3 Å². The van der Waals surface area contributed by atoms with Crippen LogP contribution in [0.1, 0.15) is 36.3 Å². The van der Waals surface area contributed by atoms with Crippen LogP contribution in [0.25, 0.3) is 0 Å². The number of rotatable bonds is 3. The van der Waals surface area contributed by atoms with Crippen LogP contribution in [-0.2, 0) is 11.2 Å². The summed E-state index contributed by atoms with van der Waals surface area (Å²) in [5, 5.41) is 3.83. The first-order valence-electron chi connectivity index (χ1n) is 6.46. The van der Waals surface area contributed by atoms with Crippen molar-refractivity contribution < 1.29 is 18.1 Å². The highest BCUT2D eigenvalue weighted by Gasteiger charge is 2.35. The number of halogens is 2. The minimum absolute atomic E-state index is 0.0736. The topological polar surface area (TPSA) is 46.3 Å². The van der Waals surface area contributed by atoms with Crippen LogP contribution in [0.3, 0.4) is 0 Å². The number of aryl methyl sites for hydroxylation is 2. The molecular weight excluding hydrogens is 254 g/mol. The van der Waals surface area contributed by atoms with Crippen molar-refractivity contribution in [3.05, 3.63) is 17.0 Å². The van der Waals surface area contributed by atoms with Crippen molar-refractivity contribution >= 4 is 5.91 Å². The molecule has 2 heterocycles. The second kappa shape index (κ2) is 5.27. The van der Waals surface area contributed by atoms with Gasteiger partial charge in [-0.1, -0.05) is 5.16 Å². The van der Waals surface area contributed by atoms with Gasteiger partial charge in [-0.3, -0.25) is 4.79 Å². The number of aromatic nitrogens is 1. The Kier molecular flexibility index (Phi) is 3.87. The molecule has 0 spiro atoms. The van der Waals surface area contributed by atoms with Crippen molar-refractivity contribution in [2.24, 2.45) is 0 Å². The lowest BCUT2D eigenvalue weighted by atomic mass is 10.0. The normalized spacial score (nSPS) is 18.6. The fourth-order valence-electron chi connectivity index (χ4n) is 2.33. The molecule has 1 fully saturated rings. The Morgan fingerprint density at radius 2 is 2.00 bits per heavy atom. The lowest BCUT2D eigenvalue weighted by molar-refractivity contribution is -0.137. The van der Waals surface area contributed by atoms with Crippen LogP contribution in [0.2, 0.25) is 0 Å². The van der Waals surface area contributed by atoms with Gasteiger partial charge in [0.1, 0.15) is 5.76 Å². The summed E-state index contributed by atoms with van der Waals surface area (Å²) in [6.45, 7) is 3.93. The molecule has 106 valence electrons. The third kappa shape index (κ3) is 3.30. The number of nitrogens with zero attached hydrogens (tertiary/aromatic N) is 2. The fraction of sp³-hybridized carbons (Fsp3) is 0.692. The monoisotopic (exact) mass is 272 g/mol. The number of carbonyl (C=O) groups is 1. The third-order valence-electron chi connectivity index (χ3n) is 3.62. The van der Waals surface area contributed by atoms with Gasteiger partial charge < -0.3 is 9.42 Å². The van der Waals surface area contributed by atoms with Gasteiger partial charge in [0.05, 0.1) is 5.69 Å². The minimum Gasteiger partial charge on any atom is -0.361 e. The quantitative estimate of drug-likeness (QED) is 0.849. The summed E-state index contributed by atoms with van der Waals surface area (Å²) in [6.07, 6.45) is 0.398. The summed E-state index contributed by atoms with van der Waals surface area (Å²) in [4.78, 5) is 13.5. The molecular formula is C13H18F2N2O2. The largest absolute Gasteiger partial charge is 0.361 e. The number of piperidine rings is 1. The zero-order valence-corrected chi connectivity index (χ0v) is 11.2. The van der Waals surface area contributed by atoms with Gasteiger partial charge in [0, 0.05) is 37.9 Å². The molecule has 0 atom stereocenters. The van der Waals surface area contributed by atoms with E-state index in [4.69, 9.17) is 4.52 Å². The van der Waals surface area contributed by atoms with Crippen molar-refractivity contribution in [3.8, 4) is 0 Å². The Labute approximate surface area is 110 Å². The molecule has 4 nitrogen and oxygen atoms in total. The Morgan fingerprint density at radius 3 is 2.53 bits per heavy atom. The predicted octanol–water partition coefficient (Wildman–Crippen LogP) is 2.48. The molecule has 2 rings (SSSR count). The van der Waals surface area contributed by atoms with Gasteiger partial charge in [-0.15, -0.1) is 0 Å². The number of hydrogen-bond donors (Lipinski definition) is 0. The molecule has 0 aliphatic carbocycles. The van der Waals surface area contributed by atoms with E-state index in [1.54, 1.807) is 6.92 Å². The van der Waals surface area contributed by atoms with E-state index in [-0.39, 0.29) is 31.8 Å². The van der Waals surface area contributed by atoms with Gasteiger partial charge in [0.2, 0.25) is 5.91 Å². The molecule has 0 radical (unpaired) electrons. The molecule has 1 aromatic heterocycles. The van der Waals surface area contributed by atoms with E-state index in [1.807, 2.05) is 6.92 Å². The minimum atomic E-state index is -2.61. The van der Waals surface area contributed by atoms with E-state index in [0.717, 1.165) is 17.0 Å². The molecule has 1 saturated heterocycles. The van der Waals surface area contributed by atoms with Gasteiger partial charge in [-0.2, -0.15) is 0 Å². The molecule has 0 unspecified atom stereocenters. The molecule has 1 aliphatic rings. The maximum absolute atomic E-state index is 13.0.